The fraction of sp³-hybridized carbons (Fsp3) is 0.217. The summed E-state index contributed by atoms with van der Waals surface area (Å²) in [5.74, 6) is -0.973. The van der Waals surface area contributed by atoms with Gasteiger partial charge < -0.3 is 15.0 Å². The topological polar surface area (TPSA) is 92.8 Å². The van der Waals surface area contributed by atoms with Crippen molar-refractivity contribution in [3.63, 3.8) is 0 Å². The minimum atomic E-state index is -0.608. The van der Waals surface area contributed by atoms with Crippen LogP contribution in [-0.4, -0.2) is 32.5 Å². The van der Waals surface area contributed by atoms with Gasteiger partial charge in [-0.3, -0.25) is 4.79 Å². The maximum absolute atomic E-state index is 14.4. The first kappa shape index (κ1) is 21.4. The number of esters is 1. The molecule has 4 aromatic rings. The highest BCUT2D eigenvalue weighted by molar-refractivity contribution is 5.92. The smallest absolute Gasteiger partial charge is 0.310 e. The van der Waals surface area contributed by atoms with Gasteiger partial charge in [0.15, 0.2) is 17.5 Å². The van der Waals surface area contributed by atoms with Crippen LogP contribution in [0.4, 0.5) is 14.6 Å². The lowest BCUT2D eigenvalue weighted by atomic mass is 10.1. The van der Waals surface area contributed by atoms with E-state index in [1.54, 1.807) is 31.5 Å². The van der Waals surface area contributed by atoms with E-state index >= 15 is 0 Å². The Morgan fingerprint density at radius 2 is 1.97 bits per heavy atom. The number of nitrogens with one attached hydrogen (secondary N) is 2. The molecule has 0 aliphatic heterocycles. The van der Waals surface area contributed by atoms with Crippen molar-refractivity contribution in [2.24, 2.45) is 0 Å². The first-order valence-corrected chi connectivity index (χ1v) is 10.1. The Morgan fingerprint density at radius 3 is 2.72 bits per heavy atom. The number of pyridine rings is 1. The number of fused-ring (bicyclic) bond motifs is 1. The minimum absolute atomic E-state index is 0.0248. The second-order valence-corrected chi connectivity index (χ2v) is 7.23. The molecule has 32 heavy (non-hydrogen) atoms. The predicted octanol–water partition coefficient (Wildman–Crippen LogP) is 4.58. The molecule has 2 N–H and O–H groups in total. The molecule has 3 heterocycles. The normalized spacial score (nSPS) is 12.0. The molecule has 0 aliphatic carbocycles. The third-order valence-electron chi connectivity index (χ3n) is 4.95. The molecule has 164 valence electrons. The van der Waals surface area contributed by atoms with Gasteiger partial charge in [0.05, 0.1) is 25.3 Å². The third-order valence-corrected chi connectivity index (χ3v) is 4.95. The van der Waals surface area contributed by atoms with Crippen molar-refractivity contribution in [1.82, 2.24) is 19.9 Å². The molecule has 0 aliphatic rings. The quantitative estimate of drug-likeness (QED) is 0.411. The van der Waals surface area contributed by atoms with Crippen molar-refractivity contribution < 1.29 is 18.3 Å². The molecule has 1 aromatic carbocycles. The Labute approximate surface area is 182 Å². The number of hydrogen-bond acceptors (Lipinski definition) is 6. The van der Waals surface area contributed by atoms with Gasteiger partial charge in [0.2, 0.25) is 0 Å². The van der Waals surface area contributed by atoms with Crippen molar-refractivity contribution >= 4 is 22.8 Å². The summed E-state index contributed by atoms with van der Waals surface area (Å²) in [4.78, 5) is 27.7. The van der Waals surface area contributed by atoms with Crippen LogP contribution in [0.2, 0.25) is 0 Å². The summed E-state index contributed by atoms with van der Waals surface area (Å²) < 4.78 is 32.6. The zero-order valence-corrected chi connectivity index (χ0v) is 17.5. The van der Waals surface area contributed by atoms with Crippen molar-refractivity contribution in [2.75, 3.05) is 11.9 Å². The molecule has 0 fully saturated rings. The lowest BCUT2D eigenvalue weighted by Crippen LogP contribution is -2.10. The molecule has 0 saturated heterocycles. The van der Waals surface area contributed by atoms with Crippen LogP contribution in [0.25, 0.3) is 22.4 Å². The van der Waals surface area contributed by atoms with Gasteiger partial charge in [-0.1, -0.05) is 12.1 Å². The van der Waals surface area contributed by atoms with Gasteiger partial charge in [-0.25, -0.2) is 23.7 Å². The summed E-state index contributed by atoms with van der Waals surface area (Å²) in [5.41, 5.74) is 2.68. The number of hydrogen-bond donors (Lipinski definition) is 2. The predicted molar refractivity (Wildman–Crippen MR) is 116 cm³/mol. The fourth-order valence-electron chi connectivity index (χ4n) is 3.34. The fourth-order valence-corrected chi connectivity index (χ4v) is 3.34. The summed E-state index contributed by atoms with van der Waals surface area (Å²) >= 11 is 0. The van der Waals surface area contributed by atoms with E-state index in [1.165, 1.54) is 12.1 Å². The standard InChI is InChI=1S/C23H21F2N5O2/c1-3-32-20(31)9-14-8-17-18(11-27-21(17)26-10-14)22-28-12-19(25)23(30-22)29-13(2)15-4-6-16(24)7-5-15/h4-8,10-13H,3,9H2,1-2H3,(H,26,27)(H,28,29,30)/t13-/m0/s1. The third kappa shape index (κ3) is 4.56. The van der Waals surface area contributed by atoms with Gasteiger partial charge in [0.1, 0.15) is 11.5 Å². The van der Waals surface area contributed by atoms with Crippen LogP contribution in [0.5, 0.6) is 0 Å². The molecule has 7 nitrogen and oxygen atoms in total. The van der Waals surface area contributed by atoms with E-state index in [0.717, 1.165) is 11.8 Å². The van der Waals surface area contributed by atoms with Crippen molar-refractivity contribution in [3.8, 4) is 11.4 Å². The summed E-state index contributed by atoms with van der Waals surface area (Å²) in [6, 6.07) is 7.46. The highest BCUT2D eigenvalue weighted by Crippen LogP contribution is 2.28. The number of ether oxygens (including phenoxy) is 1. The van der Waals surface area contributed by atoms with Crippen molar-refractivity contribution in [3.05, 3.63) is 71.7 Å². The van der Waals surface area contributed by atoms with Crippen LogP contribution in [0.3, 0.4) is 0 Å². The Hall–Kier alpha value is -3.88. The van der Waals surface area contributed by atoms with Crippen molar-refractivity contribution in [1.29, 1.82) is 0 Å². The van der Waals surface area contributed by atoms with Gasteiger partial charge in [-0.15, -0.1) is 0 Å². The van der Waals surface area contributed by atoms with Crippen LogP contribution in [-0.2, 0) is 16.0 Å². The summed E-state index contributed by atoms with van der Waals surface area (Å²) in [5, 5.41) is 3.72. The minimum Gasteiger partial charge on any atom is -0.466 e. The number of aromatic amines is 1. The molecule has 0 radical (unpaired) electrons. The average Bonchev–Trinajstić information content (AvgIpc) is 3.19. The SMILES string of the molecule is CCOC(=O)Cc1cnc2[nH]cc(-c3ncc(F)c(N[C@@H](C)c4ccc(F)cc4)n3)c2c1. The lowest BCUT2D eigenvalue weighted by Gasteiger charge is -2.16. The number of benzene rings is 1. The summed E-state index contributed by atoms with van der Waals surface area (Å²) in [7, 11) is 0. The van der Waals surface area contributed by atoms with Crippen LogP contribution in [0, 0.1) is 11.6 Å². The molecular formula is C23H21F2N5O2. The van der Waals surface area contributed by atoms with E-state index in [1.807, 2.05) is 13.0 Å². The van der Waals surface area contributed by atoms with E-state index < -0.39 is 5.82 Å². The highest BCUT2D eigenvalue weighted by Gasteiger charge is 2.16. The lowest BCUT2D eigenvalue weighted by molar-refractivity contribution is -0.142. The first-order chi connectivity index (χ1) is 15.4. The Morgan fingerprint density at radius 1 is 1.19 bits per heavy atom. The zero-order valence-electron chi connectivity index (χ0n) is 17.5. The molecule has 0 bridgehead atoms. The number of aromatic nitrogens is 4. The molecular weight excluding hydrogens is 416 g/mol. The van der Waals surface area contributed by atoms with E-state index in [2.05, 4.69) is 25.3 Å². The van der Waals surface area contributed by atoms with Crippen LogP contribution in [0.1, 0.15) is 31.0 Å². The van der Waals surface area contributed by atoms with Gasteiger partial charge in [0.25, 0.3) is 0 Å². The molecule has 3 aromatic heterocycles. The number of rotatable bonds is 7. The number of carbonyl (C=O) groups excluding carboxylic acids is 1. The number of carbonyl (C=O) groups is 1. The van der Waals surface area contributed by atoms with E-state index in [9.17, 15) is 13.6 Å². The zero-order chi connectivity index (χ0) is 22.7. The molecule has 0 saturated carbocycles. The molecule has 1 atom stereocenters. The Bertz CT molecular complexity index is 1260. The molecule has 0 unspecified atom stereocenters. The second kappa shape index (κ2) is 9.09. The van der Waals surface area contributed by atoms with E-state index in [-0.39, 0.29) is 30.1 Å². The largest absolute Gasteiger partial charge is 0.466 e. The second-order valence-electron chi connectivity index (χ2n) is 7.23. The summed E-state index contributed by atoms with van der Waals surface area (Å²) in [6.07, 6.45) is 4.47. The number of anilines is 1. The first-order valence-electron chi connectivity index (χ1n) is 10.1. The van der Waals surface area contributed by atoms with Gasteiger partial charge in [-0.2, -0.15) is 0 Å². The highest BCUT2D eigenvalue weighted by atomic mass is 19.1. The number of halogens is 2. The van der Waals surface area contributed by atoms with E-state index in [0.29, 0.717) is 34.6 Å². The maximum atomic E-state index is 14.4. The Kier molecular flexibility index (Phi) is 6.07. The van der Waals surface area contributed by atoms with Crippen LogP contribution >= 0.6 is 0 Å². The number of H-pyrrole nitrogens is 1. The monoisotopic (exact) mass is 437 g/mol. The van der Waals surface area contributed by atoms with Gasteiger partial charge in [-0.05, 0) is 43.2 Å². The van der Waals surface area contributed by atoms with Crippen molar-refractivity contribution in [2.45, 2.75) is 26.3 Å². The molecule has 9 heteroatoms. The summed E-state index contributed by atoms with van der Waals surface area (Å²) in [6.45, 7) is 3.88. The molecule has 0 amide bonds. The van der Waals surface area contributed by atoms with Crippen LogP contribution < -0.4 is 5.32 Å². The van der Waals surface area contributed by atoms with Crippen LogP contribution in [0.15, 0.2) is 48.9 Å². The number of nitrogens with zero attached hydrogens (tertiary/aromatic N) is 3. The molecule has 0 spiro atoms. The van der Waals surface area contributed by atoms with E-state index in [4.69, 9.17) is 4.74 Å². The average molecular weight is 437 g/mol. The van der Waals surface area contributed by atoms with Gasteiger partial charge >= 0.3 is 5.97 Å². The maximum Gasteiger partial charge on any atom is 0.310 e. The molecule has 4 rings (SSSR count). The Balaban J connectivity index is 1.63. The van der Waals surface area contributed by atoms with Gasteiger partial charge in [0, 0.05) is 23.3 Å².